The highest BCUT2D eigenvalue weighted by atomic mass is 16.4. The number of benzene rings is 1. The summed E-state index contributed by atoms with van der Waals surface area (Å²) in [5.41, 5.74) is 7.47. The quantitative estimate of drug-likeness (QED) is 0.793. The first kappa shape index (κ1) is 13.0. The Morgan fingerprint density at radius 2 is 2.24 bits per heavy atom. The molecule has 0 bridgehead atoms. The van der Waals surface area contributed by atoms with E-state index >= 15 is 0 Å². The van der Waals surface area contributed by atoms with E-state index in [4.69, 9.17) is 16.1 Å². The molecule has 90 valence electrons. The number of hydrogen-bond acceptors (Lipinski definition) is 4. The number of nitrogens with zero attached hydrogens (tertiary/aromatic N) is 2. The molecule has 1 rings (SSSR count). The van der Waals surface area contributed by atoms with Crippen molar-refractivity contribution in [2.24, 2.45) is 5.73 Å². The maximum Gasteiger partial charge on any atom is 0.320 e. The van der Waals surface area contributed by atoms with E-state index in [1.54, 1.807) is 12.1 Å². The van der Waals surface area contributed by atoms with Crippen molar-refractivity contribution in [2.45, 2.75) is 12.5 Å². The van der Waals surface area contributed by atoms with Crippen LogP contribution in [0.3, 0.4) is 0 Å². The Morgan fingerprint density at radius 1 is 1.59 bits per heavy atom. The summed E-state index contributed by atoms with van der Waals surface area (Å²) in [7, 11) is 3.75. The number of rotatable bonds is 4. The van der Waals surface area contributed by atoms with Crippen LogP contribution in [-0.4, -0.2) is 31.2 Å². The first-order valence-electron chi connectivity index (χ1n) is 5.14. The van der Waals surface area contributed by atoms with Crippen molar-refractivity contribution in [1.82, 2.24) is 0 Å². The fourth-order valence-corrected chi connectivity index (χ4v) is 1.45. The van der Waals surface area contributed by atoms with E-state index in [2.05, 4.69) is 6.07 Å². The van der Waals surface area contributed by atoms with Crippen LogP contribution in [-0.2, 0) is 11.2 Å². The summed E-state index contributed by atoms with van der Waals surface area (Å²) < 4.78 is 0. The molecule has 0 amide bonds. The van der Waals surface area contributed by atoms with Crippen LogP contribution in [0.25, 0.3) is 0 Å². The van der Waals surface area contributed by atoms with Crippen LogP contribution >= 0.6 is 0 Å². The highest BCUT2D eigenvalue weighted by Crippen LogP contribution is 2.18. The third kappa shape index (κ3) is 3.20. The lowest BCUT2D eigenvalue weighted by atomic mass is 10.0. The van der Waals surface area contributed by atoms with Crippen molar-refractivity contribution in [3.8, 4) is 6.07 Å². The largest absolute Gasteiger partial charge is 0.480 e. The summed E-state index contributed by atoms with van der Waals surface area (Å²) in [6.45, 7) is 0. The molecule has 0 fully saturated rings. The van der Waals surface area contributed by atoms with Gasteiger partial charge in [-0.25, -0.2) is 0 Å². The van der Waals surface area contributed by atoms with E-state index in [-0.39, 0.29) is 6.42 Å². The Balaban J connectivity index is 3.02. The van der Waals surface area contributed by atoms with Crippen LogP contribution in [0.1, 0.15) is 11.1 Å². The molecule has 0 saturated heterocycles. The van der Waals surface area contributed by atoms with Crippen molar-refractivity contribution < 1.29 is 9.90 Å². The van der Waals surface area contributed by atoms with Crippen molar-refractivity contribution in [3.05, 3.63) is 29.3 Å². The highest BCUT2D eigenvalue weighted by molar-refractivity contribution is 5.73. The van der Waals surface area contributed by atoms with Gasteiger partial charge in [0.2, 0.25) is 0 Å². The number of nitriles is 1. The first-order valence-corrected chi connectivity index (χ1v) is 5.14. The third-order valence-corrected chi connectivity index (χ3v) is 2.49. The minimum atomic E-state index is -1.06. The predicted molar refractivity (Wildman–Crippen MR) is 64.8 cm³/mol. The van der Waals surface area contributed by atoms with E-state index in [0.717, 1.165) is 5.69 Å². The third-order valence-electron chi connectivity index (χ3n) is 2.49. The molecule has 0 spiro atoms. The molecule has 5 nitrogen and oxygen atoms in total. The zero-order chi connectivity index (χ0) is 13.0. The average molecular weight is 233 g/mol. The van der Waals surface area contributed by atoms with Gasteiger partial charge in [0.25, 0.3) is 0 Å². The molecule has 0 aromatic heterocycles. The number of nitrogens with two attached hydrogens (primary N) is 1. The van der Waals surface area contributed by atoms with Crippen molar-refractivity contribution >= 4 is 11.7 Å². The van der Waals surface area contributed by atoms with Crippen LogP contribution in [0, 0.1) is 11.3 Å². The first-order chi connectivity index (χ1) is 7.95. The number of carbonyl (C=O) groups is 1. The van der Waals surface area contributed by atoms with E-state index < -0.39 is 12.0 Å². The van der Waals surface area contributed by atoms with Gasteiger partial charge in [-0.15, -0.1) is 0 Å². The summed E-state index contributed by atoms with van der Waals surface area (Å²) in [4.78, 5) is 12.5. The van der Waals surface area contributed by atoms with Gasteiger partial charge in [0.1, 0.15) is 6.04 Å². The Bertz CT molecular complexity index is 463. The topological polar surface area (TPSA) is 90.3 Å². The van der Waals surface area contributed by atoms with Gasteiger partial charge < -0.3 is 15.7 Å². The van der Waals surface area contributed by atoms with Gasteiger partial charge in [0, 0.05) is 19.8 Å². The molecule has 0 unspecified atom stereocenters. The second-order valence-electron chi connectivity index (χ2n) is 4.00. The molecule has 0 aliphatic rings. The van der Waals surface area contributed by atoms with E-state index in [0.29, 0.717) is 11.1 Å². The molecule has 0 aliphatic carbocycles. The average Bonchev–Trinajstić information content (AvgIpc) is 2.28. The summed E-state index contributed by atoms with van der Waals surface area (Å²) >= 11 is 0. The SMILES string of the molecule is CN(C)c1ccc(C[C@@H](N)C(=O)O)c(C#N)c1. The Morgan fingerprint density at radius 3 is 2.71 bits per heavy atom. The van der Waals surface area contributed by atoms with Crippen LogP contribution in [0.4, 0.5) is 5.69 Å². The second kappa shape index (κ2) is 5.32. The maximum absolute atomic E-state index is 10.7. The summed E-state index contributed by atoms with van der Waals surface area (Å²) in [5.74, 6) is -1.06. The second-order valence-corrected chi connectivity index (χ2v) is 4.00. The van der Waals surface area contributed by atoms with Gasteiger partial charge in [0.15, 0.2) is 0 Å². The lowest BCUT2D eigenvalue weighted by Crippen LogP contribution is -2.32. The van der Waals surface area contributed by atoms with Crippen molar-refractivity contribution in [1.29, 1.82) is 5.26 Å². The summed E-state index contributed by atoms with van der Waals surface area (Å²) in [6.07, 6.45) is 0.159. The zero-order valence-corrected chi connectivity index (χ0v) is 9.84. The lowest BCUT2D eigenvalue weighted by molar-refractivity contribution is -0.138. The minimum absolute atomic E-state index is 0.159. The normalized spacial score (nSPS) is 11.6. The monoisotopic (exact) mass is 233 g/mol. The van der Waals surface area contributed by atoms with Crippen LogP contribution in [0.15, 0.2) is 18.2 Å². The van der Waals surface area contributed by atoms with Crippen LogP contribution < -0.4 is 10.6 Å². The molecule has 5 heteroatoms. The van der Waals surface area contributed by atoms with Gasteiger partial charge in [0.05, 0.1) is 11.6 Å². The molecule has 0 heterocycles. The van der Waals surface area contributed by atoms with Gasteiger partial charge in [-0.2, -0.15) is 5.26 Å². The fraction of sp³-hybridized carbons (Fsp3) is 0.333. The predicted octanol–water partition coefficient (Wildman–Crippen LogP) is 0.579. The van der Waals surface area contributed by atoms with Crippen molar-refractivity contribution in [3.63, 3.8) is 0 Å². The van der Waals surface area contributed by atoms with Gasteiger partial charge in [-0.1, -0.05) is 6.07 Å². The van der Waals surface area contributed by atoms with Gasteiger partial charge in [-0.3, -0.25) is 4.79 Å². The fourth-order valence-electron chi connectivity index (χ4n) is 1.45. The van der Waals surface area contributed by atoms with E-state index in [1.807, 2.05) is 25.1 Å². The molecular weight excluding hydrogens is 218 g/mol. The van der Waals surface area contributed by atoms with Crippen molar-refractivity contribution in [2.75, 3.05) is 19.0 Å². The number of carboxylic acids is 1. The minimum Gasteiger partial charge on any atom is -0.480 e. The highest BCUT2D eigenvalue weighted by Gasteiger charge is 2.15. The molecule has 3 N–H and O–H groups in total. The van der Waals surface area contributed by atoms with Crippen LogP contribution in [0.2, 0.25) is 0 Å². The Labute approximate surface area is 100 Å². The van der Waals surface area contributed by atoms with Gasteiger partial charge in [-0.05, 0) is 24.1 Å². The maximum atomic E-state index is 10.7. The molecule has 1 aromatic rings. The van der Waals surface area contributed by atoms with E-state index in [9.17, 15) is 4.79 Å². The molecule has 0 aliphatic heterocycles. The molecule has 1 atom stereocenters. The number of carboxylic acid groups (broad SMARTS) is 1. The zero-order valence-electron chi connectivity index (χ0n) is 9.84. The molecule has 1 aromatic carbocycles. The summed E-state index contributed by atoms with van der Waals surface area (Å²) in [6, 6.07) is 6.39. The number of aliphatic carboxylic acids is 1. The molecule has 17 heavy (non-hydrogen) atoms. The number of hydrogen-bond donors (Lipinski definition) is 2. The number of anilines is 1. The lowest BCUT2D eigenvalue weighted by Gasteiger charge is -2.15. The van der Waals surface area contributed by atoms with Crippen LogP contribution in [0.5, 0.6) is 0 Å². The summed E-state index contributed by atoms with van der Waals surface area (Å²) in [5, 5.41) is 17.8. The molecule has 0 radical (unpaired) electrons. The Hall–Kier alpha value is -2.06. The van der Waals surface area contributed by atoms with E-state index in [1.165, 1.54) is 0 Å². The molecule has 0 saturated carbocycles. The standard InChI is InChI=1S/C12H15N3O2/c1-15(2)10-4-3-8(9(5-10)7-13)6-11(14)12(16)17/h3-5,11H,6,14H2,1-2H3,(H,16,17)/t11-/m1/s1. The smallest absolute Gasteiger partial charge is 0.320 e. The Kier molecular flexibility index (Phi) is 4.07. The van der Waals surface area contributed by atoms with Gasteiger partial charge >= 0.3 is 5.97 Å². The molecular formula is C12H15N3O2.